The van der Waals surface area contributed by atoms with Crippen molar-refractivity contribution in [2.24, 2.45) is 0 Å². The van der Waals surface area contributed by atoms with Gasteiger partial charge in [-0.2, -0.15) is 0 Å². The molecule has 0 saturated heterocycles. The first-order valence-electron chi connectivity index (χ1n) is 6.34. The Morgan fingerprint density at radius 3 is 2.79 bits per heavy atom. The SMILES string of the molecule is C=C(NCc1ccco1)c1cccc(CN(C)C)c1. The van der Waals surface area contributed by atoms with Crippen molar-refractivity contribution in [1.82, 2.24) is 10.2 Å². The van der Waals surface area contributed by atoms with E-state index in [1.54, 1.807) is 6.26 Å². The number of furan rings is 1. The van der Waals surface area contributed by atoms with Crippen LogP contribution in [0.4, 0.5) is 0 Å². The van der Waals surface area contributed by atoms with Gasteiger partial charge in [-0.05, 0) is 43.4 Å². The fraction of sp³-hybridized carbons (Fsp3) is 0.250. The van der Waals surface area contributed by atoms with Gasteiger partial charge in [0, 0.05) is 12.2 Å². The van der Waals surface area contributed by atoms with E-state index in [0.29, 0.717) is 6.54 Å². The second-order valence-electron chi connectivity index (χ2n) is 4.85. The van der Waals surface area contributed by atoms with Gasteiger partial charge in [0.1, 0.15) is 5.76 Å². The maximum Gasteiger partial charge on any atom is 0.122 e. The van der Waals surface area contributed by atoms with Gasteiger partial charge in [-0.25, -0.2) is 0 Å². The summed E-state index contributed by atoms with van der Waals surface area (Å²) in [6.45, 7) is 5.66. The number of nitrogens with one attached hydrogen (secondary N) is 1. The Labute approximate surface area is 114 Å². The average Bonchev–Trinajstić information content (AvgIpc) is 2.88. The van der Waals surface area contributed by atoms with E-state index in [9.17, 15) is 0 Å². The number of nitrogens with zero attached hydrogens (tertiary/aromatic N) is 1. The fourth-order valence-electron chi connectivity index (χ4n) is 1.93. The number of hydrogen-bond acceptors (Lipinski definition) is 3. The zero-order valence-electron chi connectivity index (χ0n) is 11.5. The van der Waals surface area contributed by atoms with E-state index in [2.05, 4.69) is 55.2 Å². The van der Waals surface area contributed by atoms with Gasteiger partial charge in [0.2, 0.25) is 0 Å². The van der Waals surface area contributed by atoms with Crippen molar-refractivity contribution in [3.05, 3.63) is 66.1 Å². The zero-order chi connectivity index (χ0) is 13.7. The molecular formula is C16H20N2O. The molecule has 1 heterocycles. The van der Waals surface area contributed by atoms with Crippen molar-refractivity contribution in [2.75, 3.05) is 14.1 Å². The summed E-state index contributed by atoms with van der Waals surface area (Å²) >= 11 is 0. The molecule has 1 aromatic heterocycles. The maximum absolute atomic E-state index is 5.29. The van der Waals surface area contributed by atoms with E-state index in [1.807, 2.05) is 12.1 Å². The Bertz CT molecular complexity index is 529. The fourth-order valence-corrected chi connectivity index (χ4v) is 1.93. The molecule has 3 heteroatoms. The molecule has 0 amide bonds. The predicted molar refractivity (Wildman–Crippen MR) is 78.4 cm³/mol. The van der Waals surface area contributed by atoms with Gasteiger partial charge >= 0.3 is 0 Å². The van der Waals surface area contributed by atoms with E-state index >= 15 is 0 Å². The molecule has 19 heavy (non-hydrogen) atoms. The molecule has 0 spiro atoms. The van der Waals surface area contributed by atoms with Crippen molar-refractivity contribution in [1.29, 1.82) is 0 Å². The lowest BCUT2D eigenvalue weighted by atomic mass is 10.1. The Morgan fingerprint density at radius 2 is 2.11 bits per heavy atom. The number of benzene rings is 1. The van der Waals surface area contributed by atoms with Crippen LogP contribution in [0.1, 0.15) is 16.9 Å². The van der Waals surface area contributed by atoms with Crippen LogP contribution in [0.2, 0.25) is 0 Å². The van der Waals surface area contributed by atoms with E-state index in [-0.39, 0.29) is 0 Å². The third-order valence-corrected chi connectivity index (χ3v) is 2.83. The summed E-state index contributed by atoms with van der Waals surface area (Å²) in [6, 6.07) is 12.3. The summed E-state index contributed by atoms with van der Waals surface area (Å²) in [5.74, 6) is 0.908. The summed E-state index contributed by atoms with van der Waals surface area (Å²) in [5, 5.41) is 3.28. The highest BCUT2D eigenvalue weighted by Crippen LogP contribution is 2.14. The second kappa shape index (κ2) is 6.25. The molecular weight excluding hydrogens is 236 g/mol. The lowest BCUT2D eigenvalue weighted by molar-refractivity contribution is 0.402. The third kappa shape index (κ3) is 4.00. The lowest BCUT2D eigenvalue weighted by Gasteiger charge is -2.13. The van der Waals surface area contributed by atoms with Crippen LogP contribution >= 0.6 is 0 Å². The van der Waals surface area contributed by atoms with Crippen LogP contribution in [-0.2, 0) is 13.1 Å². The standard InChI is InChI=1S/C16H20N2O/c1-13(17-11-16-8-5-9-19-16)15-7-4-6-14(10-15)12-18(2)3/h4-10,17H,1,11-12H2,2-3H3. The van der Waals surface area contributed by atoms with Crippen LogP contribution in [0.5, 0.6) is 0 Å². The molecule has 0 radical (unpaired) electrons. The molecule has 100 valence electrons. The quantitative estimate of drug-likeness (QED) is 0.861. The number of rotatable bonds is 6. The molecule has 0 saturated carbocycles. The van der Waals surface area contributed by atoms with E-state index in [1.165, 1.54) is 5.56 Å². The summed E-state index contributed by atoms with van der Waals surface area (Å²) in [4.78, 5) is 2.15. The normalized spacial score (nSPS) is 10.7. The first-order valence-corrected chi connectivity index (χ1v) is 6.34. The van der Waals surface area contributed by atoms with Crippen molar-refractivity contribution in [3.8, 4) is 0 Å². The molecule has 0 atom stereocenters. The molecule has 0 aliphatic rings. The zero-order valence-corrected chi connectivity index (χ0v) is 11.5. The summed E-state index contributed by atoms with van der Waals surface area (Å²) in [5.41, 5.74) is 3.31. The molecule has 2 rings (SSSR count). The van der Waals surface area contributed by atoms with Crippen LogP contribution in [0, 0.1) is 0 Å². The van der Waals surface area contributed by atoms with E-state index < -0.39 is 0 Å². The second-order valence-corrected chi connectivity index (χ2v) is 4.85. The van der Waals surface area contributed by atoms with Gasteiger partial charge in [-0.15, -0.1) is 0 Å². The summed E-state index contributed by atoms with van der Waals surface area (Å²) in [6.07, 6.45) is 1.68. The largest absolute Gasteiger partial charge is 0.467 e. The Morgan fingerprint density at radius 1 is 1.26 bits per heavy atom. The Hall–Kier alpha value is -2.00. The first kappa shape index (κ1) is 13.4. The molecule has 2 aromatic rings. The average molecular weight is 256 g/mol. The van der Waals surface area contributed by atoms with Gasteiger partial charge in [0.05, 0.1) is 12.8 Å². The molecule has 3 nitrogen and oxygen atoms in total. The molecule has 0 aliphatic carbocycles. The highest BCUT2D eigenvalue weighted by atomic mass is 16.3. The third-order valence-electron chi connectivity index (χ3n) is 2.83. The molecule has 0 aliphatic heterocycles. The molecule has 0 bridgehead atoms. The van der Waals surface area contributed by atoms with Crippen LogP contribution in [0.15, 0.2) is 53.7 Å². The minimum atomic E-state index is 0.656. The van der Waals surface area contributed by atoms with E-state index in [0.717, 1.165) is 23.6 Å². The summed E-state index contributed by atoms with van der Waals surface area (Å²) in [7, 11) is 4.13. The van der Waals surface area contributed by atoms with Crippen LogP contribution in [0.25, 0.3) is 5.70 Å². The smallest absolute Gasteiger partial charge is 0.122 e. The van der Waals surface area contributed by atoms with E-state index in [4.69, 9.17) is 4.42 Å². The van der Waals surface area contributed by atoms with Gasteiger partial charge in [0.25, 0.3) is 0 Å². The van der Waals surface area contributed by atoms with Crippen molar-refractivity contribution in [3.63, 3.8) is 0 Å². The van der Waals surface area contributed by atoms with Crippen LogP contribution in [0.3, 0.4) is 0 Å². The topological polar surface area (TPSA) is 28.4 Å². The van der Waals surface area contributed by atoms with Gasteiger partial charge in [-0.3, -0.25) is 0 Å². The minimum Gasteiger partial charge on any atom is -0.467 e. The van der Waals surface area contributed by atoms with Crippen molar-refractivity contribution >= 4 is 5.70 Å². The monoisotopic (exact) mass is 256 g/mol. The van der Waals surface area contributed by atoms with Crippen LogP contribution < -0.4 is 5.32 Å². The molecule has 1 aromatic carbocycles. The lowest BCUT2D eigenvalue weighted by Crippen LogP contribution is -2.12. The summed E-state index contributed by atoms with van der Waals surface area (Å²) < 4.78 is 5.29. The maximum atomic E-state index is 5.29. The number of hydrogen-bond donors (Lipinski definition) is 1. The Balaban J connectivity index is 1.98. The van der Waals surface area contributed by atoms with Gasteiger partial charge < -0.3 is 14.6 Å². The molecule has 0 fully saturated rings. The molecule has 1 N–H and O–H groups in total. The highest BCUT2D eigenvalue weighted by Gasteiger charge is 2.02. The highest BCUT2D eigenvalue weighted by molar-refractivity contribution is 5.62. The van der Waals surface area contributed by atoms with Crippen molar-refractivity contribution < 1.29 is 4.42 Å². The van der Waals surface area contributed by atoms with Crippen molar-refractivity contribution in [2.45, 2.75) is 13.1 Å². The predicted octanol–water partition coefficient (Wildman–Crippen LogP) is 3.10. The van der Waals surface area contributed by atoms with Crippen LogP contribution in [-0.4, -0.2) is 19.0 Å². The van der Waals surface area contributed by atoms with Gasteiger partial charge in [-0.1, -0.05) is 24.8 Å². The first-order chi connectivity index (χ1) is 9.15. The molecule has 0 unspecified atom stereocenters. The minimum absolute atomic E-state index is 0.656. The Kier molecular flexibility index (Phi) is 4.42. The van der Waals surface area contributed by atoms with Gasteiger partial charge in [0.15, 0.2) is 0 Å².